The smallest absolute Gasteiger partial charge is 0.325 e. The standard InChI is InChI=1S/C22H25N3O6/c1-13-10-14(6-8-17(13)30-4)22(2)20(27)25(21(28)24-22)12-19(26)23-16-11-15(29-3)7-9-18(16)31-5/h6-11H,12H2,1-5H3,(H,23,26)(H,24,28). The van der Waals surface area contributed by atoms with Crippen molar-refractivity contribution >= 4 is 23.5 Å². The number of methoxy groups -OCH3 is 3. The molecular formula is C22H25N3O6. The Bertz CT molecular complexity index is 1040. The molecule has 3 rings (SSSR count). The molecule has 31 heavy (non-hydrogen) atoms. The molecule has 1 aliphatic heterocycles. The van der Waals surface area contributed by atoms with Crippen LogP contribution in [0.15, 0.2) is 36.4 Å². The van der Waals surface area contributed by atoms with Crippen LogP contribution in [0.4, 0.5) is 10.5 Å². The molecule has 0 saturated carbocycles. The normalized spacial score (nSPS) is 17.9. The van der Waals surface area contributed by atoms with Crippen molar-refractivity contribution in [2.75, 3.05) is 33.2 Å². The van der Waals surface area contributed by atoms with Crippen molar-refractivity contribution in [2.45, 2.75) is 19.4 Å². The molecule has 9 heteroatoms. The van der Waals surface area contributed by atoms with Crippen molar-refractivity contribution in [2.24, 2.45) is 0 Å². The van der Waals surface area contributed by atoms with E-state index >= 15 is 0 Å². The maximum atomic E-state index is 13.1. The lowest BCUT2D eigenvalue weighted by atomic mass is 9.90. The molecular weight excluding hydrogens is 402 g/mol. The molecule has 2 aromatic rings. The third-order valence-corrected chi connectivity index (χ3v) is 5.23. The molecule has 0 radical (unpaired) electrons. The van der Waals surface area contributed by atoms with Crippen molar-refractivity contribution in [3.8, 4) is 17.2 Å². The topological polar surface area (TPSA) is 106 Å². The molecule has 1 unspecified atom stereocenters. The second-order valence-electron chi connectivity index (χ2n) is 7.25. The lowest BCUT2D eigenvalue weighted by Gasteiger charge is -2.23. The fraction of sp³-hybridized carbons (Fsp3) is 0.318. The highest BCUT2D eigenvalue weighted by Gasteiger charge is 2.49. The number of amides is 4. The van der Waals surface area contributed by atoms with Crippen molar-refractivity contribution in [3.05, 3.63) is 47.5 Å². The zero-order valence-electron chi connectivity index (χ0n) is 18.1. The highest BCUT2D eigenvalue weighted by molar-refractivity contribution is 6.10. The van der Waals surface area contributed by atoms with Gasteiger partial charge in [-0.25, -0.2) is 4.79 Å². The molecule has 164 valence electrons. The first kappa shape index (κ1) is 21.9. The predicted molar refractivity (Wildman–Crippen MR) is 114 cm³/mol. The highest BCUT2D eigenvalue weighted by Crippen LogP contribution is 2.32. The van der Waals surface area contributed by atoms with Crippen molar-refractivity contribution in [1.29, 1.82) is 0 Å². The minimum atomic E-state index is -1.29. The summed E-state index contributed by atoms with van der Waals surface area (Å²) in [5.41, 5.74) is 0.501. The third kappa shape index (κ3) is 4.11. The van der Waals surface area contributed by atoms with Gasteiger partial charge < -0.3 is 24.8 Å². The summed E-state index contributed by atoms with van der Waals surface area (Å²) < 4.78 is 15.7. The van der Waals surface area contributed by atoms with Crippen LogP contribution in [0.2, 0.25) is 0 Å². The zero-order valence-corrected chi connectivity index (χ0v) is 18.1. The summed E-state index contributed by atoms with van der Waals surface area (Å²) in [6.45, 7) is 3.01. The Kier molecular flexibility index (Phi) is 6.05. The van der Waals surface area contributed by atoms with Crippen LogP contribution < -0.4 is 24.8 Å². The van der Waals surface area contributed by atoms with Gasteiger partial charge in [0.25, 0.3) is 5.91 Å². The number of carbonyl (C=O) groups excluding carboxylic acids is 3. The van der Waals surface area contributed by atoms with Crippen molar-refractivity contribution in [3.63, 3.8) is 0 Å². The highest BCUT2D eigenvalue weighted by atomic mass is 16.5. The van der Waals surface area contributed by atoms with Crippen LogP contribution in [0, 0.1) is 6.92 Å². The summed E-state index contributed by atoms with van der Waals surface area (Å²) >= 11 is 0. The number of hydrogen-bond donors (Lipinski definition) is 2. The lowest BCUT2D eigenvalue weighted by molar-refractivity contribution is -0.133. The molecule has 1 saturated heterocycles. The summed E-state index contributed by atoms with van der Waals surface area (Å²) in [6, 6.07) is 9.51. The van der Waals surface area contributed by atoms with Gasteiger partial charge in [0.1, 0.15) is 29.3 Å². The summed E-state index contributed by atoms with van der Waals surface area (Å²) in [5, 5.41) is 5.35. The van der Waals surface area contributed by atoms with E-state index in [0.29, 0.717) is 28.5 Å². The minimum Gasteiger partial charge on any atom is -0.497 e. The van der Waals surface area contributed by atoms with Crippen LogP contribution >= 0.6 is 0 Å². The molecule has 1 atom stereocenters. The first-order valence-corrected chi connectivity index (χ1v) is 9.54. The second-order valence-corrected chi connectivity index (χ2v) is 7.25. The lowest BCUT2D eigenvalue weighted by Crippen LogP contribution is -2.42. The monoisotopic (exact) mass is 427 g/mol. The number of imide groups is 1. The molecule has 0 bridgehead atoms. The van der Waals surface area contributed by atoms with Gasteiger partial charge in [-0.1, -0.05) is 6.07 Å². The molecule has 1 heterocycles. The maximum Gasteiger partial charge on any atom is 0.325 e. The van der Waals surface area contributed by atoms with Gasteiger partial charge in [-0.05, 0) is 49.2 Å². The Morgan fingerprint density at radius 3 is 2.32 bits per heavy atom. The largest absolute Gasteiger partial charge is 0.497 e. The Morgan fingerprint density at radius 2 is 1.71 bits per heavy atom. The fourth-order valence-electron chi connectivity index (χ4n) is 3.47. The maximum absolute atomic E-state index is 13.1. The number of urea groups is 1. The summed E-state index contributed by atoms with van der Waals surface area (Å²) in [5.74, 6) is 0.547. The van der Waals surface area contributed by atoms with E-state index < -0.39 is 29.9 Å². The first-order chi connectivity index (χ1) is 14.7. The number of aryl methyl sites for hydroxylation is 1. The number of ether oxygens (including phenoxy) is 3. The Hall–Kier alpha value is -3.75. The minimum absolute atomic E-state index is 0.368. The van der Waals surface area contributed by atoms with Crippen LogP contribution in [0.25, 0.3) is 0 Å². The molecule has 2 N–H and O–H groups in total. The van der Waals surface area contributed by atoms with Crippen LogP contribution in [0.1, 0.15) is 18.1 Å². The molecule has 1 aliphatic rings. The number of hydrogen-bond acceptors (Lipinski definition) is 6. The Labute approximate surface area is 180 Å². The third-order valence-electron chi connectivity index (χ3n) is 5.23. The average molecular weight is 427 g/mol. The molecule has 0 aliphatic carbocycles. The molecule has 2 aromatic carbocycles. The van der Waals surface area contributed by atoms with Gasteiger partial charge in [-0.15, -0.1) is 0 Å². The van der Waals surface area contributed by atoms with Crippen LogP contribution in [-0.2, 0) is 15.1 Å². The van der Waals surface area contributed by atoms with Gasteiger partial charge in [0.2, 0.25) is 5.91 Å². The van der Waals surface area contributed by atoms with Gasteiger partial charge in [0.15, 0.2) is 0 Å². The van der Waals surface area contributed by atoms with Gasteiger partial charge >= 0.3 is 6.03 Å². The van der Waals surface area contributed by atoms with Gasteiger partial charge in [-0.2, -0.15) is 0 Å². The van der Waals surface area contributed by atoms with Gasteiger partial charge in [-0.3, -0.25) is 14.5 Å². The van der Waals surface area contributed by atoms with E-state index in [1.54, 1.807) is 50.4 Å². The molecule has 0 spiro atoms. The fourth-order valence-corrected chi connectivity index (χ4v) is 3.47. The number of nitrogens with one attached hydrogen (secondary N) is 2. The average Bonchev–Trinajstić information content (AvgIpc) is 2.97. The van der Waals surface area contributed by atoms with Crippen molar-refractivity contribution < 1.29 is 28.6 Å². The molecule has 9 nitrogen and oxygen atoms in total. The summed E-state index contributed by atoms with van der Waals surface area (Å²) in [7, 11) is 4.53. The number of benzene rings is 2. The number of rotatable bonds is 7. The molecule has 1 fully saturated rings. The van der Waals surface area contributed by atoms with Gasteiger partial charge in [0, 0.05) is 6.07 Å². The van der Waals surface area contributed by atoms with Crippen LogP contribution in [0.3, 0.4) is 0 Å². The van der Waals surface area contributed by atoms with Crippen LogP contribution in [-0.4, -0.2) is 50.6 Å². The SMILES string of the molecule is COc1ccc(OC)c(NC(=O)CN2C(=O)NC(C)(c3ccc(OC)c(C)c3)C2=O)c1. The Morgan fingerprint density at radius 1 is 1.03 bits per heavy atom. The van der Waals surface area contributed by atoms with Crippen molar-refractivity contribution in [1.82, 2.24) is 10.2 Å². The van der Waals surface area contributed by atoms with Crippen LogP contribution in [0.5, 0.6) is 17.2 Å². The Balaban J connectivity index is 1.79. The van der Waals surface area contributed by atoms with E-state index in [4.69, 9.17) is 14.2 Å². The predicted octanol–water partition coefficient (Wildman–Crippen LogP) is 2.43. The zero-order chi connectivity index (χ0) is 22.8. The van der Waals surface area contributed by atoms with E-state index in [2.05, 4.69) is 10.6 Å². The quantitative estimate of drug-likeness (QED) is 0.658. The van der Waals surface area contributed by atoms with E-state index in [0.717, 1.165) is 10.5 Å². The second kappa shape index (κ2) is 8.55. The van der Waals surface area contributed by atoms with E-state index in [1.807, 2.05) is 6.92 Å². The summed E-state index contributed by atoms with van der Waals surface area (Å²) in [6.07, 6.45) is 0. The summed E-state index contributed by atoms with van der Waals surface area (Å²) in [4.78, 5) is 39.1. The van der Waals surface area contributed by atoms with E-state index in [1.165, 1.54) is 14.2 Å². The molecule has 0 aromatic heterocycles. The number of anilines is 1. The first-order valence-electron chi connectivity index (χ1n) is 9.54. The van der Waals surface area contributed by atoms with E-state index in [-0.39, 0.29) is 0 Å². The number of carbonyl (C=O) groups is 3. The van der Waals surface area contributed by atoms with E-state index in [9.17, 15) is 14.4 Å². The molecule has 4 amide bonds. The van der Waals surface area contributed by atoms with Gasteiger partial charge in [0.05, 0.1) is 27.0 Å². The number of nitrogens with zero attached hydrogens (tertiary/aromatic N) is 1.